The molecule has 3 heterocycles. The number of piperazine rings is 1. The summed E-state index contributed by atoms with van der Waals surface area (Å²) in [6.07, 6.45) is 5.41. The Morgan fingerprint density at radius 3 is 2.58 bits per heavy atom. The molecule has 0 radical (unpaired) electrons. The van der Waals surface area contributed by atoms with Gasteiger partial charge in [0.1, 0.15) is 0 Å². The highest BCUT2D eigenvalue weighted by Gasteiger charge is 2.36. The first-order valence-electron chi connectivity index (χ1n) is 12.5. The summed E-state index contributed by atoms with van der Waals surface area (Å²) in [5.74, 6) is 0.706. The van der Waals surface area contributed by atoms with Crippen molar-refractivity contribution in [3.63, 3.8) is 0 Å². The van der Waals surface area contributed by atoms with Gasteiger partial charge in [-0.05, 0) is 61.2 Å². The summed E-state index contributed by atoms with van der Waals surface area (Å²) in [5, 5.41) is 2.18. The van der Waals surface area contributed by atoms with Crippen LogP contribution in [0.3, 0.4) is 0 Å². The highest BCUT2D eigenvalue weighted by atomic mass is 32.1. The maximum atomic E-state index is 13.4. The van der Waals surface area contributed by atoms with E-state index in [1.807, 2.05) is 21.1 Å². The molecule has 5 nitrogen and oxygen atoms in total. The molecule has 2 atom stereocenters. The van der Waals surface area contributed by atoms with Crippen LogP contribution in [0.5, 0.6) is 0 Å². The van der Waals surface area contributed by atoms with Crippen molar-refractivity contribution in [2.24, 2.45) is 5.92 Å². The molecule has 2 aliphatic heterocycles. The number of carbonyl (C=O) groups excluding carboxylic acids is 2. The van der Waals surface area contributed by atoms with Gasteiger partial charge < -0.3 is 9.80 Å². The Morgan fingerprint density at radius 2 is 1.82 bits per heavy atom. The molecule has 33 heavy (non-hydrogen) atoms. The van der Waals surface area contributed by atoms with E-state index in [0.29, 0.717) is 32.1 Å². The molecule has 2 amide bonds. The summed E-state index contributed by atoms with van der Waals surface area (Å²) in [5.41, 5.74) is 3.92. The van der Waals surface area contributed by atoms with E-state index in [0.717, 1.165) is 25.8 Å². The first-order chi connectivity index (χ1) is 16.0. The molecule has 0 spiro atoms. The summed E-state index contributed by atoms with van der Waals surface area (Å²) < 4.78 is 0. The fraction of sp³-hybridized carbons (Fsp3) is 0.556. The van der Waals surface area contributed by atoms with Gasteiger partial charge in [0.25, 0.3) is 0 Å². The first-order valence-corrected chi connectivity index (χ1v) is 13.3. The SMILES string of the molecule is Cc1ccccc1[C@@H]1c2ccsc2CCN1CC(=O)N1CCN(C(=O)C2CCCC2)[C@H](C)C1. The smallest absolute Gasteiger partial charge is 0.236 e. The Bertz CT molecular complexity index is 1010. The second kappa shape index (κ2) is 9.59. The Balaban J connectivity index is 1.28. The Morgan fingerprint density at radius 1 is 1.03 bits per heavy atom. The van der Waals surface area contributed by atoms with Gasteiger partial charge in [-0.15, -0.1) is 11.3 Å². The van der Waals surface area contributed by atoms with E-state index in [-0.39, 0.29) is 23.9 Å². The fourth-order valence-electron chi connectivity index (χ4n) is 5.99. The van der Waals surface area contributed by atoms with Crippen molar-refractivity contribution in [2.45, 2.75) is 58.0 Å². The van der Waals surface area contributed by atoms with Crippen LogP contribution in [-0.4, -0.2) is 65.3 Å². The zero-order valence-corrected chi connectivity index (χ0v) is 20.7. The molecule has 1 aromatic carbocycles. The Kier molecular flexibility index (Phi) is 6.57. The van der Waals surface area contributed by atoms with Crippen molar-refractivity contribution in [2.75, 3.05) is 32.7 Å². The van der Waals surface area contributed by atoms with Crippen LogP contribution in [0.15, 0.2) is 35.7 Å². The van der Waals surface area contributed by atoms with E-state index < -0.39 is 0 Å². The number of fused-ring (bicyclic) bond motifs is 1. The largest absolute Gasteiger partial charge is 0.338 e. The third kappa shape index (κ3) is 4.47. The van der Waals surface area contributed by atoms with E-state index in [9.17, 15) is 9.59 Å². The zero-order chi connectivity index (χ0) is 22.9. The van der Waals surface area contributed by atoms with E-state index in [1.54, 1.807) is 0 Å². The fourth-order valence-corrected chi connectivity index (χ4v) is 6.89. The number of benzene rings is 1. The van der Waals surface area contributed by atoms with E-state index >= 15 is 0 Å². The summed E-state index contributed by atoms with van der Waals surface area (Å²) >= 11 is 1.83. The molecule has 0 N–H and O–H groups in total. The lowest BCUT2D eigenvalue weighted by atomic mass is 9.90. The monoisotopic (exact) mass is 465 g/mol. The van der Waals surface area contributed by atoms with Crippen molar-refractivity contribution in [3.8, 4) is 0 Å². The van der Waals surface area contributed by atoms with Crippen LogP contribution >= 0.6 is 11.3 Å². The van der Waals surface area contributed by atoms with Crippen molar-refractivity contribution < 1.29 is 9.59 Å². The van der Waals surface area contributed by atoms with E-state index in [4.69, 9.17) is 0 Å². The van der Waals surface area contributed by atoms with Crippen LogP contribution in [0.4, 0.5) is 0 Å². The van der Waals surface area contributed by atoms with Gasteiger partial charge in [0.15, 0.2) is 0 Å². The summed E-state index contributed by atoms with van der Waals surface area (Å²) in [4.78, 5) is 34.2. The molecule has 1 saturated heterocycles. The molecule has 1 saturated carbocycles. The maximum absolute atomic E-state index is 13.4. The van der Waals surface area contributed by atoms with E-state index in [1.165, 1.54) is 34.4 Å². The minimum atomic E-state index is 0.0906. The average molecular weight is 466 g/mol. The molecule has 2 aromatic rings. The van der Waals surface area contributed by atoms with E-state index in [2.05, 4.69) is 54.5 Å². The molecular formula is C27H35N3O2S. The first kappa shape index (κ1) is 22.6. The van der Waals surface area contributed by atoms with Crippen LogP contribution in [0.1, 0.15) is 60.2 Å². The molecule has 2 fully saturated rings. The second-order valence-electron chi connectivity index (χ2n) is 9.98. The number of hydrogen-bond donors (Lipinski definition) is 0. The van der Waals surface area contributed by atoms with Crippen LogP contribution < -0.4 is 0 Å². The second-order valence-corrected chi connectivity index (χ2v) is 11.0. The third-order valence-electron chi connectivity index (χ3n) is 7.85. The lowest BCUT2D eigenvalue weighted by Crippen LogP contribution is -2.58. The molecule has 0 unspecified atom stereocenters. The van der Waals surface area contributed by atoms with Gasteiger partial charge in [-0.3, -0.25) is 14.5 Å². The van der Waals surface area contributed by atoms with Crippen LogP contribution in [0.25, 0.3) is 0 Å². The molecule has 1 aliphatic carbocycles. The molecule has 3 aliphatic rings. The van der Waals surface area contributed by atoms with Gasteiger partial charge in [-0.2, -0.15) is 0 Å². The number of amides is 2. The predicted octanol–water partition coefficient (Wildman–Crippen LogP) is 4.25. The van der Waals surface area contributed by atoms with Crippen molar-refractivity contribution in [1.29, 1.82) is 0 Å². The molecule has 6 heteroatoms. The standard InChI is InChI=1S/C27H35N3O2S/c1-19-7-3-6-10-22(19)26-23-12-16-33-24(23)11-13-29(26)18-25(31)28-14-15-30(20(2)17-28)27(32)21-8-4-5-9-21/h3,6-7,10,12,16,20-21,26H,4-5,8-9,11,13-15,17-18H2,1-2H3/t20-,26-/m1/s1. The number of rotatable bonds is 4. The lowest BCUT2D eigenvalue weighted by molar-refractivity contribution is -0.145. The topological polar surface area (TPSA) is 43.9 Å². The van der Waals surface area contributed by atoms with Crippen LogP contribution in [0, 0.1) is 12.8 Å². The van der Waals surface area contributed by atoms with Gasteiger partial charge in [-0.25, -0.2) is 0 Å². The van der Waals surface area contributed by atoms with Gasteiger partial charge >= 0.3 is 0 Å². The summed E-state index contributed by atoms with van der Waals surface area (Å²) in [6, 6.07) is 11.0. The summed E-state index contributed by atoms with van der Waals surface area (Å²) in [6.45, 7) is 7.54. The molecule has 5 rings (SSSR count). The number of nitrogens with zero attached hydrogens (tertiary/aromatic N) is 3. The number of carbonyl (C=O) groups is 2. The van der Waals surface area contributed by atoms with Gasteiger partial charge in [0.05, 0.1) is 12.6 Å². The lowest BCUT2D eigenvalue weighted by Gasteiger charge is -2.42. The molecule has 176 valence electrons. The maximum Gasteiger partial charge on any atom is 0.236 e. The molecule has 1 aromatic heterocycles. The highest BCUT2D eigenvalue weighted by molar-refractivity contribution is 7.10. The van der Waals surface area contributed by atoms with Crippen molar-refractivity contribution in [1.82, 2.24) is 14.7 Å². The van der Waals surface area contributed by atoms with Gasteiger partial charge in [-0.1, -0.05) is 37.1 Å². The number of aryl methyl sites for hydroxylation is 1. The van der Waals surface area contributed by atoms with Crippen LogP contribution in [0.2, 0.25) is 0 Å². The predicted molar refractivity (Wildman–Crippen MR) is 132 cm³/mol. The number of thiophene rings is 1. The molecular weight excluding hydrogens is 430 g/mol. The third-order valence-corrected chi connectivity index (χ3v) is 8.85. The summed E-state index contributed by atoms with van der Waals surface area (Å²) in [7, 11) is 0. The van der Waals surface area contributed by atoms with Gasteiger partial charge in [0, 0.05) is 43.0 Å². The minimum Gasteiger partial charge on any atom is -0.338 e. The minimum absolute atomic E-state index is 0.0906. The van der Waals surface area contributed by atoms with Crippen molar-refractivity contribution in [3.05, 3.63) is 57.3 Å². The average Bonchev–Trinajstić information content (AvgIpc) is 3.51. The normalized spacial score (nSPS) is 24.2. The Hall–Kier alpha value is -2.18. The number of hydrogen-bond acceptors (Lipinski definition) is 4. The molecule has 0 bridgehead atoms. The van der Waals surface area contributed by atoms with Gasteiger partial charge in [0.2, 0.25) is 11.8 Å². The Labute approximate surface area is 201 Å². The quantitative estimate of drug-likeness (QED) is 0.678. The van der Waals surface area contributed by atoms with Crippen LogP contribution in [-0.2, 0) is 16.0 Å². The zero-order valence-electron chi connectivity index (χ0n) is 19.8. The highest BCUT2D eigenvalue weighted by Crippen LogP contribution is 2.38. The van der Waals surface area contributed by atoms with Crippen molar-refractivity contribution >= 4 is 23.2 Å².